The lowest BCUT2D eigenvalue weighted by molar-refractivity contribution is -0.115. The summed E-state index contributed by atoms with van der Waals surface area (Å²) in [6, 6.07) is 3.63. The summed E-state index contributed by atoms with van der Waals surface area (Å²) in [7, 11) is 0. The Balaban J connectivity index is 2.59. The summed E-state index contributed by atoms with van der Waals surface area (Å²) in [5.74, 6) is 0.275. The van der Waals surface area contributed by atoms with Crippen molar-refractivity contribution in [3.63, 3.8) is 0 Å². The van der Waals surface area contributed by atoms with E-state index in [0.29, 0.717) is 38.4 Å². The van der Waals surface area contributed by atoms with Crippen LogP contribution < -0.4 is 27.3 Å². The third kappa shape index (κ3) is 8.89. The van der Waals surface area contributed by atoms with Gasteiger partial charge in [-0.2, -0.15) is 0 Å². The van der Waals surface area contributed by atoms with Crippen molar-refractivity contribution in [1.82, 2.24) is 5.32 Å². The zero-order chi connectivity index (χ0) is 20.9. The molecule has 0 aliphatic rings. The number of rotatable bonds is 12. The highest BCUT2D eigenvalue weighted by molar-refractivity contribution is 9.11. The summed E-state index contributed by atoms with van der Waals surface area (Å²) in [5, 5.41) is 15.1. The van der Waals surface area contributed by atoms with Gasteiger partial charge < -0.3 is 32.5 Å². The fourth-order valence-electron chi connectivity index (χ4n) is 2.21. The van der Waals surface area contributed by atoms with E-state index in [4.69, 9.17) is 21.9 Å². The maximum atomic E-state index is 12.2. The minimum absolute atomic E-state index is 0.0137. The molecule has 0 aromatic heterocycles. The zero-order valence-corrected chi connectivity index (χ0v) is 18.6. The molecule has 0 radical (unpaired) electrons. The normalized spacial score (nSPS) is 11.2. The number of benzene rings is 1. The Morgan fingerprint density at radius 1 is 1.18 bits per heavy atom. The van der Waals surface area contributed by atoms with Crippen molar-refractivity contribution in [2.24, 2.45) is 27.3 Å². The lowest BCUT2D eigenvalue weighted by atomic mass is 10.1. The lowest BCUT2D eigenvalue weighted by Crippen LogP contribution is -2.33. The van der Waals surface area contributed by atoms with Crippen molar-refractivity contribution in [2.45, 2.75) is 25.7 Å². The number of nitrogens with zero attached hydrogens (tertiary/aromatic N) is 2. The zero-order valence-electron chi connectivity index (χ0n) is 15.5. The summed E-state index contributed by atoms with van der Waals surface area (Å²) in [4.78, 5) is 16.1. The molecule has 11 heteroatoms. The number of guanidine groups is 1. The number of aliphatic imine (C=N–C) groups is 1. The number of nitrogens with one attached hydrogen (secondary N) is 1. The Morgan fingerprint density at radius 2 is 1.86 bits per heavy atom. The molecular formula is C17H26Br2N6O3. The van der Waals surface area contributed by atoms with E-state index in [0.717, 1.165) is 27.4 Å². The number of unbranched alkanes of at least 4 members (excludes halogenated alkanes) is 1. The molecule has 28 heavy (non-hydrogen) atoms. The number of carbonyl (C=O) groups excluding carboxylic acids is 1. The molecule has 1 aromatic rings. The summed E-state index contributed by atoms with van der Waals surface area (Å²) >= 11 is 6.91. The molecule has 1 amide bonds. The van der Waals surface area contributed by atoms with E-state index in [2.05, 4.69) is 47.3 Å². The van der Waals surface area contributed by atoms with Gasteiger partial charge in [-0.1, -0.05) is 5.16 Å². The van der Waals surface area contributed by atoms with Crippen molar-refractivity contribution in [1.29, 1.82) is 0 Å². The molecule has 0 heterocycles. The van der Waals surface area contributed by atoms with Gasteiger partial charge in [-0.3, -0.25) is 9.79 Å². The molecule has 9 nitrogen and oxygen atoms in total. The maximum Gasteiger partial charge on any atom is 0.269 e. The van der Waals surface area contributed by atoms with Crippen LogP contribution in [0.2, 0.25) is 0 Å². The van der Waals surface area contributed by atoms with Gasteiger partial charge in [-0.05, 0) is 75.4 Å². The highest BCUT2D eigenvalue weighted by atomic mass is 79.9. The van der Waals surface area contributed by atoms with Crippen LogP contribution in [0.3, 0.4) is 0 Å². The minimum Gasteiger partial charge on any atom is -0.491 e. The Kier molecular flexibility index (Phi) is 11.5. The SMILES string of the molecule is NCCCOc1c(Br)cc(C/C(=N/O)C(=O)NCCCCN=C(N)N)cc1Br. The number of hydrogen-bond acceptors (Lipinski definition) is 6. The van der Waals surface area contributed by atoms with E-state index in [9.17, 15) is 10.0 Å². The van der Waals surface area contributed by atoms with Gasteiger partial charge in [-0.15, -0.1) is 0 Å². The number of nitrogens with two attached hydrogens (primary N) is 3. The molecule has 156 valence electrons. The van der Waals surface area contributed by atoms with Crippen LogP contribution in [0.25, 0.3) is 0 Å². The molecule has 0 fully saturated rings. The second kappa shape index (κ2) is 13.3. The maximum absolute atomic E-state index is 12.2. The summed E-state index contributed by atoms with van der Waals surface area (Å²) in [6.07, 6.45) is 2.34. The second-order valence-corrected chi connectivity index (χ2v) is 7.58. The monoisotopic (exact) mass is 520 g/mol. The van der Waals surface area contributed by atoms with Crippen LogP contribution in [-0.4, -0.2) is 49.0 Å². The molecule has 0 aliphatic carbocycles. The second-order valence-electron chi connectivity index (χ2n) is 5.87. The van der Waals surface area contributed by atoms with Crippen LogP contribution in [-0.2, 0) is 11.2 Å². The Hall–Kier alpha value is -1.85. The molecule has 0 bridgehead atoms. The predicted octanol–water partition coefficient (Wildman–Crippen LogP) is 1.48. The van der Waals surface area contributed by atoms with Crippen LogP contribution in [0, 0.1) is 0 Å². The molecule has 0 atom stereocenters. The van der Waals surface area contributed by atoms with E-state index in [1.165, 1.54) is 0 Å². The first-order chi connectivity index (χ1) is 13.4. The minimum atomic E-state index is -0.431. The number of amides is 1. The summed E-state index contributed by atoms with van der Waals surface area (Å²) in [6.45, 7) is 1.98. The van der Waals surface area contributed by atoms with Crippen molar-refractivity contribution in [3.05, 3.63) is 26.6 Å². The first-order valence-corrected chi connectivity index (χ1v) is 10.3. The quantitative estimate of drug-likeness (QED) is 0.0919. The Morgan fingerprint density at radius 3 is 2.43 bits per heavy atom. The third-order valence-electron chi connectivity index (χ3n) is 3.57. The van der Waals surface area contributed by atoms with E-state index in [1.54, 1.807) is 0 Å². The van der Waals surface area contributed by atoms with Gasteiger partial charge in [0, 0.05) is 19.5 Å². The molecule has 0 unspecified atom stereocenters. The molecule has 8 N–H and O–H groups in total. The molecule has 0 saturated heterocycles. The number of hydrogen-bond donors (Lipinski definition) is 5. The van der Waals surface area contributed by atoms with Gasteiger partial charge in [-0.25, -0.2) is 0 Å². The van der Waals surface area contributed by atoms with Gasteiger partial charge >= 0.3 is 0 Å². The van der Waals surface area contributed by atoms with Crippen LogP contribution >= 0.6 is 31.9 Å². The topological polar surface area (TPSA) is 161 Å². The van der Waals surface area contributed by atoms with Crippen molar-refractivity contribution in [2.75, 3.05) is 26.2 Å². The van der Waals surface area contributed by atoms with Gasteiger partial charge in [0.2, 0.25) is 0 Å². The standard InChI is InChI=1S/C17H26Br2N6O3/c18-12-8-11(9-13(19)15(12)28-7-3-4-20)10-14(25-27)16(26)23-5-1-2-6-24-17(21)22/h8-9,27H,1-7,10,20H2,(H,23,26)(H4,21,22,24)/b25-14-. The summed E-state index contributed by atoms with van der Waals surface area (Å²) in [5.41, 5.74) is 16.7. The van der Waals surface area contributed by atoms with Crippen LogP contribution in [0.5, 0.6) is 5.75 Å². The molecule has 0 saturated carbocycles. The van der Waals surface area contributed by atoms with Gasteiger partial charge in [0.1, 0.15) is 11.5 Å². The molecule has 0 aliphatic heterocycles. The van der Waals surface area contributed by atoms with E-state index in [-0.39, 0.29) is 18.1 Å². The highest BCUT2D eigenvalue weighted by Gasteiger charge is 2.15. The largest absolute Gasteiger partial charge is 0.491 e. The van der Waals surface area contributed by atoms with Crippen LogP contribution in [0.1, 0.15) is 24.8 Å². The fourth-order valence-corrected chi connectivity index (χ4v) is 3.72. The molecular weight excluding hydrogens is 496 g/mol. The average Bonchev–Trinajstić information content (AvgIpc) is 2.64. The summed E-state index contributed by atoms with van der Waals surface area (Å²) < 4.78 is 7.14. The van der Waals surface area contributed by atoms with Crippen LogP contribution in [0.4, 0.5) is 0 Å². The van der Waals surface area contributed by atoms with Crippen LogP contribution in [0.15, 0.2) is 31.2 Å². The highest BCUT2D eigenvalue weighted by Crippen LogP contribution is 2.35. The number of ether oxygens (including phenoxy) is 1. The Labute approximate surface area is 181 Å². The van der Waals surface area contributed by atoms with Crippen molar-refractivity contribution in [3.8, 4) is 5.75 Å². The molecule has 1 aromatic carbocycles. The first-order valence-electron chi connectivity index (χ1n) is 8.74. The van der Waals surface area contributed by atoms with E-state index in [1.807, 2.05) is 12.1 Å². The average molecular weight is 522 g/mol. The molecule has 1 rings (SSSR count). The van der Waals surface area contributed by atoms with Gasteiger partial charge in [0.25, 0.3) is 5.91 Å². The van der Waals surface area contributed by atoms with E-state index >= 15 is 0 Å². The smallest absolute Gasteiger partial charge is 0.269 e. The van der Waals surface area contributed by atoms with Crippen molar-refractivity contribution < 1.29 is 14.7 Å². The predicted molar refractivity (Wildman–Crippen MR) is 117 cm³/mol. The molecule has 0 spiro atoms. The Bertz CT molecular complexity index is 685. The lowest BCUT2D eigenvalue weighted by Gasteiger charge is -2.12. The number of carbonyl (C=O) groups is 1. The van der Waals surface area contributed by atoms with Gasteiger partial charge in [0.05, 0.1) is 15.6 Å². The number of oxime groups is 1. The third-order valence-corrected chi connectivity index (χ3v) is 4.75. The van der Waals surface area contributed by atoms with Crippen molar-refractivity contribution >= 4 is 49.4 Å². The van der Waals surface area contributed by atoms with E-state index < -0.39 is 5.91 Å². The number of halogens is 2. The first kappa shape index (κ1) is 24.2. The fraction of sp³-hybridized carbons (Fsp3) is 0.471. The van der Waals surface area contributed by atoms with Gasteiger partial charge in [0.15, 0.2) is 5.96 Å².